The standard InChI is InChI=1S/C13H19ClFN3/c14-10-8-12(15)13(17-9-10)18(7-6-16)11-4-2-1-3-5-11/h8-9,11H,1-7,16H2. The molecule has 1 aromatic heterocycles. The lowest BCUT2D eigenvalue weighted by atomic mass is 9.94. The van der Waals surface area contributed by atoms with E-state index in [4.69, 9.17) is 17.3 Å². The molecule has 1 fully saturated rings. The number of aromatic nitrogens is 1. The van der Waals surface area contributed by atoms with E-state index in [-0.39, 0.29) is 5.82 Å². The van der Waals surface area contributed by atoms with Gasteiger partial charge in [0.05, 0.1) is 5.02 Å². The number of pyridine rings is 1. The molecule has 2 N–H and O–H groups in total. The Morgan fingerprint density at radius 3 is 2.72 bits per heavy atom. The Bertz CT molecular complexity index is 394. The van der Waals surface area contributed by atoms with E-state index in [0.29, 0.717) is 30.0 Å². The van der Waals surface area contributed by atoms with Gasteiger partial charge < -0.3 is 10.6 Å². The van der Waals surface area contributed by atoms with Crippen molar-refractivity contribution in [3.8, 4) is 0 Å². The second-order valence-electron chi connectivity index (χ2n) is 4.73. The highest BCUT2D eigenvalue weighted by molar-refractivity contribution is 6.30. The van der Waals surface area contributed by atoms with E-state index < -0.39 is 0 Å². The largest absolute Gasteiger partial charge is 0.350 e. The first kappa shape index (κ1) is 13.6. The summed E-state index contributed by atoms with van der Waals surface area (Å²) in [5.41, 5.74) is 5.64. The SMILES string of the molecule is NCCN(c1ncc(Cl)cc1F)C1CCCCC1. The minimum Gasteiger partial charge on any atom is -0.350 e. The number of halogens is 2. The van der Waals surface area contributed by atoms with E-state index in [0.717, 1.165) is 12.8 Å². The van der Waals surface area contributed by atoms with Crippen LogP contribution in [-0.4, -0.2) is 24.1 Å². The van der Waals surface area contributed by atoms with Crippen molar-refractivity contribution in [2.45, 2.75) is 38.1 Å². The van der Waals surface area contributed by atoms with Gasteiger partial charge in [0.25, 0.3) is 0 Å². The number of nitrogens with two attached hydrogens (primary N) is 1. The van der Waals surface area contributed by atoms with Crippen LogP contribution in [0.15, 0.2) is 12.3 Å². The number of nitrogens with zero attached hydrogens (tertiary/aromatic N) is 2. The number of rotatable bonds is 4. The molecule has 0 bridgehead atoms. The maximum atomic E-state index is 13.9. The number of anilines is 1. The van der Waals surface area contributed by atoms with Gasteiger partial charge in [0.15, 0.2) is 11.6 Å². The summed E-state index contributed by atoms with van der Waals surface area (Å²) in [5, 5.41) is 0.326. The van der Waals surface area contributed by atoms with Crippen LogP contribution in [-0.2, 0) is 0 Å². The third-order valence-electron chi connectivity index (χ3n) is 3.45. The minimum atomic E-state index is -0.360. The molecule has 1 heterocycles. The van der Waals surface area contributed by atoms with E-state index in [2.05, 4.69) is 4.98 Å². The first-order valence-electron chi connectivity index (χ1n) is 6.50. The Morgan fingerprint density at radius 2 is 2.11 bits per heavy atom. The van der Waals surface area contributed by atoms with Gasteiger partial charge in [0.1, 0.15) is 0 Å². The minimum absolute atomic E-state index is 0.326. The fourth-order valence-corrected chi connectivity index (χ4v) is 2.76. The Labute approximate surface area is 112 Å². The molecule has 100 valence electrons. The summed E-state index contributed by atoms with van der Waals surface area (Å²) in [6, 6.07) is 1.67. The van der Waals surface area contributed by atoms with Crippen molar-refractivity contribution in [2.75, 3.05) is 18.0 Å². The third-order valence-corrected chi connectivity index (χ3v) is 3.65. The molecule has 0 amide bonds. The lowest BCUT2D eigenvalue weighted by Crippen LogP contribution is -2.41. The van der Waals surface area contributed by atoms with Crippen LogP contribution in [0.4, 0.5) is 10.2 Å². The van der Waals surface area contributed by atoms with E-state index in [1.807, 2.05) is 4.90 Å². The number of hydrogen-bond donors (Lipinski definition) is 1. The predicted octanol–water partition coefficient (Wildman–Crippen LogP) is 2.97. The fourth-order valence-electron chi connectivity index (χ4n) is 2.61. The molecule has 0 unspecified atom stereocenters. The lowest BCUT2D eigenvalue weighted by molar-refractivity contribution is 0.410. The summed E-state index contributed by atoms with van der Waals surface area (Å²) in [4.78, 5) is 6.14. The second-order valence-corrected chi connectivity index (χ2v) is 5.17. The Kier molecular flexibility index (Phi) is 4.78. The Morgan fingerprint density at radius 1 is 1.39 bits per heavy atom. The zero-order valence-electron chi connectivity index (χ0n) is 10.4. The molecule has 3 nitrogen and oxygen atoms in total. The van der Waals surface area contributed by atoms with Crippen molar-refractivity contribution in [1.29, 1.82) is 0 Å². The molecule has 0 saturated heterocycles. The monoisotopic (exact) mass is 271 g/mol. The maximum Gasteiger partial charge on any atom is 0.167 e. The summed E-state index contributed by atoms with van der Waals surface area (Å²) in [6.07, 6.45) is 7.32. The summed E-state index contributed by atoms with van der Waals surface area (Å²) >= 11 is 5.74. The van der Waals surface area contributed by atoms with Crippen molar-refractivity contribution in [3.05, 3.63) is 23.1 Å². The molecule has 1 aliphatic carbocycles. The molecule has 0 aromatic carbocycles. The average Bonchev–Trinajstić information content (AvgIpc) is 2.38. The van der Waals surface area contributed by atoms with E-state index in [1.165, 1.54) is 31.5 Å². The van der Waals surface area contributed by atoms with Crippen LogP contribution in [0.5, 0.6) is 0 Å². The topological polar surface area (TPSA) is 42.1 Å². The van der Waals surface area contributed by atoms with Gasteiger partial charge in [0.2, 0.25) is 0 Å². The van der Waals surface area contributed by atoms with Crippen LogP contribution >= 0.6 is 11.6 Å². The van der Waals surface area contributed by atoms with Gasteiger partial charge in [-0.3, -0.25) is 0 Å². The van der Waals surface area contributed by atoms with E-state index in [9.17, 15) is 4.39 Å². The van der Waals surface area contributed by atoms with Crippen LogP contribution in [0.2, 0.25) is 5.02 Å². The van der Waals surface area contributed by atoms with Crippen molar-refractivity contribution >= 4 is 17.4 Å². The molecule has 1 saturated carbocycles. The van der Waals surface area contributed by atoms with Crippen LogP contribution in [0, 0.1) is 5.82 Å². The van der Waals surface area contributed by atoms with Crippen molar-refractivity contribution in [3.63, 3.8) is 0 Å². The van der Waals surface area contributed by atoms with Crippen LogP contribution < -0.4 is 10.6 Å². The van der Waals surface area contributed by atoms with E-state index >= 15 is 0 Å². The molecule has 2 rings (SSSR count). The molecule has 5 heteroatoms. The van der Waals surface area contributed by atoms with Crippen molar-refractivity contribution < 1.29 is 4.39 Å². The lowest BCUT2D eigenvalue weighted by Gasteiger charge is -2.35. The average molecular weight is 272 g/mol. The van der Waals surface area contributed by atoms with Gasteiger partial charge in [-0.25, -0.2) is 9.37 Å². The van der Waals surface area contributed by atoms with Gasteiger partial charge in [-0.05, 0) is 18.9 Å². The summed E-state index contributed by atoms with van der Waals surface area (Å²) < 4.78 is 13.9. The van der Waals surface area contributed by atoms with Crippen LogP contribution in [0.3, 0.4) is 0 Å². The van der Waals surface area contributed by atoms with Gasteiger partial charge in [-0.15, -0.1) is 0 Å². The summed E-state index contributed by atoms with van der Waals surface area (Å²) in [6.45, 7) is 1.14. The van der Waals surface area contributed by atoms with Gasteiger partial charge >= 0.3 is 0 Å². The van der Waals surface area contributed by atoms with Gasteiger partial charge in [-0.1, -0.05) is 30.9 Å². The molecule has 18 heavy (non-hydrogen) atoms. The van der Waals surface area contributed by atoms with E-state index in [1.54, 1.807) is 0 Å². The normalized spacial score (nSPS) is 16.8. The van der Waals surface area contributed by atoms with Crippen molar-refractivity contribution in [2.24, 2.45) is 5.73 Å². The van der Waals surface area contributed by atoms with Gasteiger partial charge in [-0.2, -0.15) is 0 Å². The molecule has 1 aromatic rings. The molecule has 0 radical (unpaired) electrons. The molecule has 0 aliphatic heterocycles. The fraction of sp³-hybridized carbons (Fsp3) is 0.615. The molecular weight excluding hydrogens is 253 g/mol. The molecule has 1 aliphatic rings. The first-order valence-corrected chi connectivity index (χ1v) is 6.88. The number of hydrogen-bond acceptors (Lipinski definition) is 3. The zero-order valence-corrected chi connectivity index (χ0v) is 11.2. The van der Waals surface area contributed by atoms with Gasteiger partial charge in [0, 0.05) is 25.3 Å². The van der Waals surface area contributed by atoms with Crippen LogP contribution in [0.25, 0.3) is 0 Å². The van der Waals surface area contributed by atoms with Crippen molar-refractivity contribution in [1.82, 2.24) is 4.98 Å². The van der Waals surface area contributed by atoms with Crippen LogP contribution in [0.1, 0.15) is 32.1 Å². The summed E-state index contributed by atoms with van der Waals surface area (Å²) in [7, 11) is 0. The molecule has 0 spiro atoms. The maximum absolute atomic E-state index is 13.9. The highest BCUT2D eigenvalue weighted by Crippen LogP contribution is 2.28. The third kappa shape index (κ3) is 3.12. The molecular formula is C13H19ClFN3. The Balaban J connectivity index is 2.22. The second kappa shape index (κ2) is 6.34. The quantitative estimate of drug-likeness (QED) is 0.915. The predicted molar refractivity (Wildman–Crippen MR) is 72.5 cm³/mol. The summed E-state index contributed by atoms with van der Waals surface area (Å²) in [5.74, 6) is 0.0262. The first-order chi connectivity index (χ1) is 8.72. The molecule has 0 atom stereocenters. The highest BCUT2D eigenvalue weighted by Gasteiger charge is 2.24. The smallest absolute Gasteiger partial charge is 0.167 e. The zero-order chi connectivity index (χ0) is 13.0. The highest BCUT2D eigenvalue weighted by atomic mass is 35.5. The Hall–Kier alpha value is -0.870.